The van der Waals surface area contributed by atoms with E-state index < -0.39 is 0 Å². The van der Waals surface area contributed by atoms with Crippen LogP contribution in [0.3, 0.4) is 0 Å². The molecule has 2 rings (SSSR count). The Hall–Kier alpha value is -1.26. The lowest BCUT2D eigenvalue weighted by Gasteiger charge is -2.15. The number of nitrogens with zero attached hydrogens (tertiary/aromatic N) is 1. The van der Waals surface area contributed by atoms with E-state index >= 15 is 0 Å². The molecule has 0 saturated heterocycles. The van der Waals surface area contributed by atoms with Crippen LogP contribution < -0.4 is 5.32 Å². The summed E-state index contributed by atoms with van der Waals surface area (Å²) >= 11 is 1.57. The summed E-state index contributed by atoms with van der Waals surface area (Å²) in [6.07, 6.45) is 1.68. The summed E-state index contributed by atoms with van der Waals surface area (Å²) in [6, 6.07) is 8.68. The topological polar surface area (TPSA) is 38.1 Å². The number of rotatable bonds is 5. The number of hydrogen-bond acceptors (Lipinski definition) is 4. The van der Waals surface area contributed by atoms with Crippen LogP contribution in [-0.2, 0) is 0 Å². The molecule has 0 aliphatic carbocycles. The fraction of sp³-hybridized carbons (Fsp3) is 0.357. The number of aryl methyl sites for hydroxylation is 1. The minimum absolute atomic E-state index is 0.328. The first kappa shape index (κ1) is 13.2. The molecule has 96 valence electrons. The molecule has 0 amide bonds. The predicted molar refractivity (Wildman–Crippen MR) is 73.9 cm³/mol. The van der Waals surface area contributed by atoms with Crippen LogP contribution in [0.5, 0.6) is 0 Å². The van der Waals surface area contributed by atoms with Gasteiger partial charge in [0.25, 0.3) is 5.22 Å². The third kappa shape index (κ3) is 3.15. The quantitative estimate of drug-likeness (QED) is 0.889. The third-order valence-electron chi connectivity index (χ3n) is 2.69. The van der Waals surface area contributed by atoms with Crippen LogP contribution >= 0.6 is 11.8 Å². The zero-order valence-corrected chi connectivity index (χ0v) is 11.8. The highest BCUT2D eigenvalue weighted by molar-refractivity contribution is 7.99. The first-order valence-electron chi connectivity index (χ1n) is 6.13. The van der Waals surface area contributed by atoms with Gasteiger partial charge in [-0.2, -0.15) is 0 Å². The van der Waals surface area contributed by atoms with Crippen molar-refractivity contribution in [2.24, 2.45) is 0 Å². The van der Waals surface area contributed by atoms with Crippen molar-refractivity contribution in [3.05, 3.63) is 41.8 Å². The Balaban J connectivity index is 2.22. The molecule has 18 heavy (non-hydrogen) atoms. The largest absolute Gasteiger partial charge is 0.439 e. The molecule has 3 nitrogen and oxygen atoms in total. The third-order valence-corrected chi connectivity index (χ3v) is 3.64. The molecule has 1 N–H and O–H groups in total. The van der Waals surface area contributed by atoms with Crippen LogP contribution in [0, 0.1) is 6.92 Å². The molecular formula is C14H18N2OS. The Morgan fingerprint density at radius 1 is 1.39 bits per heavy atom. The monoisotopic (exact) mass is 262 g/mol. The van der Waals surface area contributed by atoms with Gasteiger partial charge in [-0.3, -0.25) is 0 Å². The first-order valence-corrected chi connectivity index (χ1v) is 6.94. The van der Waals surface area contributed by atoms with E-state index in [4.69, 9.17) is 4.42 Å². The first-order chi connectivity index (χ1) is 8.70. The summed E-state index contributed by atoms with van der Waals surface area (Å²) in [6.45, 7) is 7.17. The number of hydrogen-bond donors (Lipinski definition) is 1. The minimum Gasteiger partial charge on any atom is -0.439 e. The Labute approximate surface area is 112 Å². The summed E-state index contributed by atoms with van der Waals surface area (Å²) < 4.78 is 5.39. The molecular weight excluding hydrogens is 244 g/mol. The number of oxazole rings is 1. The molecule has 0 aliphatic heterocycles. The van der Waals surface area contributed by atoms with Crippen molar-refractivity contribution in [3.8, 4) is 0 Å². The summed E-state index contributed by atoms with van der Waals surface area (Å²) in [5.74, 6) is 0. The fourth-order valence-electron chi connectivity index (χ4n) is 1.82. The second-order valence-electron chi connectivity index (χ2n) is 4.17. The number of nitrogens with one attached hydrogen (secondary N) is 1. The molecule has 0 radical (unpaired) electrons. The van der Waals surface area contributed by atoms with Crippen LogP contribution in [0.4, 0.5) is 0 Å². The summed E-state index contributed by atoms with van der Waals surface area (Å²) in [7, 11) is 0. The van der Waals surface area contributed by atoms with Crippen molar-refractivity contribution in [1.29, 1.82) is 0 Å². The lowest BCUT2D eigenvalue weighted by Crippen LogP contribution is -2.18. The van der Waals surface area contributed by atoms with Crippen molar-refractivity contribution in [2.75, 3.05) is 6.54 Å². The average Bonchev–Trinajstić information content (AvgIpc) is 2.76. The Kier molecular flexibility index (Phi) is 4.44. The maximum Gasteiger partial charge on any atom is 0.260 e. The van der Waals surface area contributed by atoms with Crippen LogP contribution in [0.2, 0.25) is 0 Å². The van der Waals surface area contributed by atoms with Crippen LogP contribution in [0.25, 0.3) is 0 Å². The van der Waals surface area contributed by atoms with Gasteiger partial charge in [0.15, 0.2) is 0 Å². The van der Waals surface area contributed by atoms with Gasteiger partial charge >= 0.3 is 0 Å². The highest BCUT2D eigenvalue weighted by atomic mass is 32.2. The second-order valence-corrected chi connectivity index (χ2v) is 5.17. The van der Waals surface area contributed by atoms with E-state index in [-0.39, 0.29) is 0 Å². The molecule has 0 aliphatic rings. The molecule has 0 fully saturated rings. The molecule has 0 bridgehead atoms. The van der Waals surface area contributed by atoms with Crippen LogP contribution in [0.1, 0.15) is 31.1 Å². The summed E-state index contributed by atoms with van der Waals surface area (Å²) in [5.41, 5.74) is 2.19. The normalized spacial score (nSPS) is 12.6. The SMILES string of the molecule is CCNC(C)c1ccccc1Sc1nc(C)co1. The highest BCUT2D eigenvalue weighted by Gasteiger charge is 2.12. The van der Waals surface area contributed by atoms with Crippen molar-refractivity contribution in [2.45, 2.75) is 36.9 Å². The summed E-state index contributed by atoms with van der Waals surface area (Å²) in [5, 5.41) is 4.13. The van der Waals surface area contributed by atoms with Crippen molar-refractivity contribution in [1.82, 2.24) is 10.3 Å². The van der Waals surface area contributed by atoms with E-state index in [0.29, 0.717) is 11.3 Å². The maximum atomic E-state index is 5.39. The zero-order chi connectivity index (χ0) is 13.0. The van der Waals surface area contributed by atoms with E-state index in [9.17, 15) is 0 Å². The molecule has 1 aromatic heterocycles. The van der Waals surface area contributed by atoms with Gasteiger partial charge in [0, 0.05) is 10.9 Å². The van der Waals surface area contributed by atoms with Gasteiger partial charge in [-0.25, -0.2) is 4.98 Å². The maximum absolute atomic E-state index is 5.39. The molecule has 1 heterocycles. The van der Waals surface area contributed by atoms with Gasteiger partial charge in [-0.1, -0.05) is 25.1 Å². The van der Waals surface area contributed by atoms with Gasteiger partial charge in [0.2, 0.25) is 0 Å². The van der Waals surface area contributed by atoms with Gasteiger partial charge in [-0.15, -0.1) is 0 Å². The molecule has 4 heteroatoms. The molecule has 0 saturated carbocycles. The minimum atomic E-state index is 0.328. The Morgan fingerprint density at radius 2 is 2.17 bits per heavy atom. The fourth-order valence-corrected chi connectivity index (χ4v) is 2.80. The smallest absolute Gasteiger partial charge is 0.260 e. The van der Waals surface area contributed by atoms with E-state index in [1.165, 1.54) is 10.5 Å². The summed E-state index contributed by atoms with van der Waals surface area (Å²) in [4.78, 5) is 5.52. The molecule has 1 aromatic carbocycles. The number of aromatic nitrogens is 1. The van der Waals surface area contributed by atoms with Gasteiger partial charge < -0.3 is 9.73 Å². The van der Waals surface area contributed by atoms with Gasteiger partial charge in [-0.05, 0) is 43.8 Å². The van der Waals surface area contributed by atoms with E-state index in [0.717, 1.165) is 12.2 Å². The van der Waals surface area contributed by atoms with E-state index in [1.807, 2.05) is 13.0 Å². The molecule has 1 atom stereocenters. The molecule has 2 aromatic rings. The van der Waals surface area contributed by atoms with E-state index in [1.54, 1.807) is 18.0 Å². The second kappa shape index (κ2) is 6.07. The average molecular weight is 262 g/mol. The van der Waals surface area contributed by atoms with Gasteiger partial charge in [0.1, 0.15) is 6.26 Å². The van der Waals surface area contributed by atoms with Crippen LogP contribution in [0.15, 0.2) is 45.1 Å². The Bertz CT molecular complexity index is 510. The van der Waals surface area contributed by atoms with Crippen molar-refractivity contribution >= 4 is 11.8 Å². The molecule has 1 unspecified atom stereocenters. The Morgan fingerprint density at radius 3 is 2.83 bits per heavy atom. The standard InChI is InChI=1S/C14H18N2OS/c1-4-15-11(3)12-7-5-6-8-13(12)18-14-16-10(2)9-17-14/h5-9,11,15H,4H2,1-3H3. The lowest BCUT2D eigenvalue weighted by molar-refractivity contribution is 0.454. The van der Waals surface area contributed by atoms with Gasteiger partial charge in [0.05, 0.1) is 5.69 Å². The lowest BCUT2D eigenvalue weighted by atomic mass is 10.1. The van der Waals surface area contributed by atoms with Crippen LogP contribution in [-0.4, -0.2) is 11.5 Å². The van der Waals surface area contributed by atoms with Crippen molar-refractivity contribution in [3.63, 3.8) is 0 Å². The number of benzene rings is 1. The zero-order valence-electron chi connectivity index (χ0n) is 10.9. The van der Waals surface area contributed by atoms with E-state index in [2.05, 4.69) is 42.3 Å². The predicted octanol–water partition coefficient (Wildman–Crippen LogP) is 3.80. The molecule has 0 spiro atoms. The highest BCUT2D eigenvalue weighted by Crippen LogP contribution is 2.32. The van der Waals surface area contributed by atoms with Crippen molar-refractivity contribution < 1.29 is 4.42 Å².